The van der Waals surface area contributed by atoms with Crippen molar-refractivity contribution in [1.82, 2.24) is 4.98 Å². The molecule has 0 radical (unpaired) electrons. The fraction of sp³-hybridized carbons (Fsp3) is 0.357. The van der Waals surface area contributed by atoms with Crippen molar-refractivity contribution in [1.29, 1.82) is 0 Å². The molecule has 2 rings (SSSR count). The van der Waals surface area contributed by atoms with E-state index in [1.54, 1.807) is 6.20 Å². The number of oxazole rings is 1. The summed E-state index contributed by atoms with van der Waals surface area (Å²) in [6.45, 7) is 0. The van der Waals surface area contributed by atoms with E-state index in [0.29, 0.717) is 11.6 Å². The van der Waals surface area contributed by atoms with E-state index < -0.39 is 9.84 Å². The van der Waals surface area contributed by atoms with Gasteiger partial charge in [-0.1, -0.05) is 42.1 Å². The van der Waals surface area contributed by atoms with Gasteiger partial charge in [0.05, 0.1) is 6.20 Å². The van der Waals surface area contributed by atoms with Gasteiger partial charge in [-0.25, -0.2) is 13.4 Å². The van der Waals surface area contributed by atoms with Gasteiger partial charge < -0.3 is 4.42 Å². The Balaban J connectivity index is 1.79. The van der Waals surface area contributed by atoms with Gasteiger partial charge >= 0.3 is 0 Å². The minimum atomic E-state index is -2.85. The smallest absolute Gasteiger partial charge is 0.256 e. The summed E-state index contributed by atoms with van der Waals surface area (Å²) in [7, 11) is -2.85. The quantitative estimate of drug-likeness (QED) is 0.580. The molecule has 108 valence electrons. The van der Waals surface area contributed by atoms with E-state index in [4.69, 9.17) is 4.42 Å². The summed E-state index contributed by atoms with van der Waals surface area (Å²) in [6.07, 6.45) is 4.49. The number of hydrogen-bond donors (Lipinski definition) is 0. The molecule has 0 unspecified atom stereocenters. The predicted octanol–water partition coefficient (Wildman–Crippen LogP) is 3.26. The van der Waals surface area contributed by atoms with Gasteiger partial charge in [0.2, 0.25) is 0 Å². The zero-order valence-electron chi connectivity index (χ0n) is 11.3. The Kier molecular flexibility index (Phi) is 5.25. The molecule has 1 heterocycles. The average molecular weight is 311 g/mol. The van der Waals surface area contributed by atoms with Crippen LogP contribution in [0.25, 0.3) is 11.3 Å². The Morgan fingerprint density at radius 2 is 1.95 bits per heavy atom. The number of thioether (sulfide) groups is 1. The number of aromatic nitrogens is 1. The van der Waals surface area contributed by atoms with Crippen molar-refractivity contribution >= 4 is 21.6 Å². The van der Waals surface area contributed by atoms with Gasteiger partial charge in [-0.05, 0) is 12.8 Å². The fourth-order valence-electron chi connectivity index (χ4n) is 1.69. The highest BCUT2D eigenvalue weighted by Crippen LogP contribution is 2.25. The molecular formula is C14H17NO3S2. The van der Waals surface area contributed by atoms with Crippen molar-refractivity contribution in [2.45, 2.75) is 18.1 Å². The molecule has 6 heteroatoms. The zero-order valence-corrected chi connectivity index (χ0v) is 12.9. The molecule has 0 N–H and O–H groups in total. The Morgan fingerprint density at radius 1 is 1.20 bits per heavy atom. The van der Waals surface area contributed by atoms with Crippen molar-refractivity contribution in [3.05, 3.63) is 36.5 Å². The van der Waals surface area contributed by atoms with Crippen molar-refractivity contribution in [3.63, 3.8) is 0 Å². The first-order chi connectivity index (χ1) is 9.54. The van der Waals surface area contributed by atoms with Crippen LogP contribution in [0.5, 0.6) is 0 Å². The molecule has 0 aliphatic carbocycles. The molecule has 1 aromatic heterocycles. The summed E-state index contributed by atoms with van der Waals surface area (Å²) in [4.78, 5) is 4.22. The van der Waals surface area contributed by atoms with E-state index in [-0.39, 0.29) is 5.75 Å². The van der Waals surface area contributed by atoms with Gasteiger partial charge in [0.1, 0.15) is 9.84 Å². The SMILES string of the molecule is CS(=O)(=O)CCCCSc1ncc(-c2ccccc2)o1. The topological polar surface area (TPSA) is 60.2 Å². The second kappa shape index (κ2) is 6.95. The van der Waals surface area contributed by atoms with Crippen LogP contribution in [0.2, 0.25) is 0 Å². The molecule has 0 saturated heterocycles. The Morgan fingerprint density at radius 3 is 2.65 bits per heavy atom. The van der Waals surface area contributed by atoms with E-state index in [9.17, 15) is 8.42 Å². The number of hydrogen-bond acceptors (Lipinski definition) is 5. The minimum Gasteiger partial charge on any atom is -0.431 e. The maximum Gasteiger partial charge on any atom is 0.256 e. The van der Waals surface area contributed by atoms with E-state index in [0.717, 1.165) is 23.5 Å². The summed E-state index contributed by atoms with van der Waals surface area (Å²) >= 11 is 1.51. The van der Waals surface area contributed by atoms with Gasteiger partial charge in [-0.3, -0.25) is 0 Å². The first-order valence-corrected chi connectivity index (χ1v) is 9.41. The second-order valence-electron chi connectivity index (χ2n) is 4.54. The van der Waals surface area contributed by atoms with E-state index in [2.05, 4.69) is 4.98 Å². The third kappa shape index (κ3) is 5.02. The van der Waals surface area contributed by atoms with Crippen LogP contribution in [-0.4, -0.2) is 31.2 Å². The molecule has 0 spiro atoms. The van der Waals surface area contributed by atoms with Crippen LogP contribution in [0, 0.1) is 0 Å². The predicted molar refractivity (Wildman–Crippen MR) is 81.6 cm³/mol. The molecular weight excluding hydrogens is 294 g/mol. The highest BCUT2D eigenvalue weighted by molar-refractivity contribution is 7.99. The lowest BCUT2D eigenvalue weighted by Crippen LogP contribution is -2.02. The van der Waals surface area contributed by atoms with Crippen LogP contribution < -0.4 is 0 Å². The number of rotatable bonds is 7. The van der Waals surface area contributed by atoms with E-state index in [1.165, 1.54) is 18.0 Å². The number of unbranched alkanes of at least 4 members (excludes halogenated alkanes) is 1. The van der Waals surface area contributed by atoms with Gasteiger partial charge in [0.15, 0.2) is 5.76 Å². The molecule has 0 saturated carbocycles. The molecule has 0 bridgehead atoms. The maximum atomic E-state index is 11.0. The van der Waals surface area contributed by atoms with Crippen molar-refractivity contribution in [3.8, 4) is 11.3 Å². The van der Waals surface area contributed by atoms with Crippen LogP contribution in [0.1, 0.15) is 12.8 Å². The minimum absolute atomic E-state index is 0.244. The second-order valence-corrected chi connectivity index (χ2v) is 7.85. The van der Waals surface area contributed by atoms with Crippen LogP contribution in [0.4, 0.5) is 0 Å². The van der Waals surface area contributed by atoms with E-state index >= 15 is 0 Å². The normalized spacial score (nSPS) is 11.7. The van der Waals surface area contributed by atoms with Crippen molar-refractivity contribution < 1.29 is 12.8 Å². The molecule has 20 heavy (non-hydrogen) atoms. The van der Waals surface area contributed by atoms with E-state index in [1.807, 2.05) is 30.3 Å². The summed E-state index contributed by atoms with van der Waals surface area (Å²) in [5.41, 5.74) is 1.00. The number of nitrogens with zero attached hydrogens (tertiary/aromatic N) is 1. The van der Waals surface area contributed by atoms with Crippen LogP contribution in [0.3, 0.4) is 0 Å². The third-order valence-electron chi connectivity index (χ3n) is 2.68. The first kappa shape index (κ1) is 15.1. The summed E-state index contributed by atoms with van der Waals surface area (Å²) < 4.78 is 27.6. The fourth-order valence-corrected chi connectivity index (χ4v) is 3.21. The molecule has 1 aromatic carbocycles. The lowest BCUT2D eigenvalue weighted by atomic mass is 10.2. The summed E-state index contributed by atoms with van der Waals surface area (Å²) in [5, 5.41) is 0.628. The van der Waals surface area contributed by atoms with Crippen molar-refractivity contribution in [2.24, 2.45) is 0 Å². The van der Waals surface area contributed by atoms with Crippen LogP contribution >= 0.6 is 11.8 Å². The molecule has 0 aliphatic rings. The Hall–Kier alpha value is -1.27. The Bertz CT molecular complexity index is 635. The van der Waals surface area contributed by atoms with Gasteiger partial charge in [-0.2, -0.15) is 0 Å². The number of benzene rings is 1. The zero-order chi connectivity index (χ0) is 14.4. The summed E-state index contributed by atoms with van der Waals surface area (Å²) in [6, 6.07) is 9.81. The average Bonchev–Trinajstić information content (AvgIpc) is 2.87. The monoisotopic (exact) mass is 311 g/mol. The summed E-state index contributed by atoms with van der Waals surface area (Å²) in [5.74, 6) is 1.81. The third-order valence-corrected chi connectivity index (χ3v) is 4.64. The van der Waals surface area contributed by atoms with Gasteiger partial charge in [0, 0.05) is 23.3 Å². The highest BCUT2D eigenvalue weighted by atomic mass is 32.2. The maximum absolute atomic E-state index is 11.0. The van der Waals surface area contributed by atoms with Crippen molar-refractivity contribution in [2.75, 3.05) is 17.8 Å². The molecule has 0 amide bonds. The van der Waals surface area contributed by atoms with Gasteiger partial charge in [0.25, 0.3) is 5.22 Å². The number of sulfone groups is 1. The largest absolute Gasteiger partial charge is 0.431 e. The lowest BCUT2D eigenvalue weighted by Gasteiger charge is -1.98. The molecule has 0 aliphatic heterocycles. The standard InChI is InChI=1S/C14H17NO3S2/c1-20(16,17)10-6-5-9-19-14-15-11-13(18-14)12-7-3-2-4-8-12/h2-4,7-8,11H,5-6,9-10H2,1H3. The van der Waals surface area contributed by atoms with Crippen LogP contribution in [0.15, 0.2) is 46.2 Å². The highest BCUT2D eigenvalue weighted by Gasteiger charge is 2.07. The molecule has 0 fully saturated rings. The van der Waals surface area contributed by atoms with Gasteiger partial charge in [-0.15, -0.1) is 0 Å². The first-order valence-electron chi connectivity index (χ1n) is 6.36. The Labute approximate surface area is 123 Å². The molecule has 0 atom stereocenters. The van der Waals surface area contributed by atoms with Crippen LogP contribution in [-0.2, 0) is 9.84 Å². The molecule has 2 aromatic rings. The molecule has 4 nitrogen and oxygen atoms in total. The lowest BCUT2D eigenvalue weighted by molar-refractivity contribution is 0.466.